The van der Waals surface area contributed by atoms with Crippen LogP contribution in [0.15, 0.2) is 76.7 Å². The molecule has 0 unspecified atom stereocenters. The summed E-state index contributed by atoms with van der Waals surface area (Å²) in [5, 5.41) is 3.96. The number of thioether (sulfide) groups is 1. The number of ether oxygens (including phenoxy) is 1. The monoisotopic (exact) mass is 487 g/mol. The molecule has 1 heterocycles. The van der Waals surface area contributed by atoms with Crippen LogP contribution in [0.1, 0.15) is 31.9 Å². The van der Waals surface area contributed by atoms with Gasteiger partial charge in [0, 0.05) is 0 Å². The minimum absolute atomic E-state index is 0.0698. The third kappa shape index (κ3) is 5.41. The number of benzene rings is 3. The molecule has 7 heteroatoms. The molecule has 0 atom stereocenters. The summed E-state index contributed by atoms with van der Waals surface area (Å²) in [6.45, 7) is 8.35. The second-order valence-corrected chi connectivity index (χ2v) is 10.3. The van der Waals surface area contributed by atoms with Gasteiger partial charge in [0.25, 0.3) is 5.56 Å². The number of hydrogen-bond acceptors (Lipinski definition) is 5. The third-order valence-corrected chi connectivity index (χ3v) is 6.65. The lowest BCUT2D eigenvalue weighted by Gasteiger charge is -2.21. The van der Waals surface area contributed by atoms with Crippen LogP contribution in [-0.2, 0) is 10.2 Å². The van der Waals surface area contributed by atoms with E-state index in [9.17, 15) is 9.59 Å². The summed E-state index contributed by atoms with van der Waals surface area (Å²) in [6.07, 6.45) is 0. The Balaban J connectivity index is 1.64. The van der Waals surface area contributed by atoms with Crippen molar-refractivity contribution in [1.29, 1.82) is 0 Å². The maximum absolute atomic E-state index is 13.4. The normalized spacial score (nSPS) is 11.5. The number of aromatic nitrogens is 2. The van der Waals surface area contributed by atoms with Crippen molar-refractivity contribution in [2.75, 3.05) is 18.2 Å². The Bertz CT molecular complexity index is 1440. The van der Waals surface area contributed by atoms with Crippen molar-refractivity contribution < 1.29 is 9.53 Å². The first-order valence-electron chi connectivity index (χ1n) is 11.4. The summed E-state index contributed by atoms with van der Waals surface area (Å²) in [4.78, 5) is 31.0. The van der Waals surface area contributed by atoms with Crippen molar-refractivity contribution in [3.8, 4) is 11.4 Å². The molecule has 35 heavy (non-hydrogen) atoms. The van der Waals surface area contributed by atoms with Gasteiger partial charge in [-0.3, -0.25) is 14.2 Å². The molecule has 0 saturated carbocycles. The zero-order valence-electron chi connectivity index (χ0n) is 20.6. The number of carbonyl (C=O) groups excluding carboxylic acids is 1. The zero-order valence-corrected chi connectivity index (χ0v) is 21.4. The molecular formula is C28H29N3O3S. The standard InChI is InChI=1S/C28H29N3O3S/c1-18-10-13-20(14-11-18)31-26(33)21-8-6-7-9-22(21)30-27(31)35-17-25(32)29-23-16-19(28(2,3)4)12-15-24(23)34-5/h6-16H,17H2,1-5H3,(H,29,32). The molecule has 6 nitrogen and oxygen atoms in total. The van der Waals surface area contributed by atoms with Crippen molar-refractivity contribution in [2.45, 2.75) is 38.3 Å². The summed E-state index contributed by atoms with van der Waals surface area (Å²) < 4.78 is 7.02. The molecule has 0 aliphatic heterocycles. The molecule has 4 rings (SSSR count). The maximum Gasteiger partial charge on any atom is 0.266 e. The van der Waals surface area contributed by atoms with Gasteiger partial charge in [-0.25, -0.2) is 4.98 Å². The van der Waals surface area contributed by atoms with Crippen LogP contribution in [0.4, 0.5) is 5.69 Å². The number of nitrogens with zero attached hydrogens (tertiary/aromatic N) is 2. The number of nitrogens with one attached hydrogen (secondary N) is 1. The summed E-state index contributed by atoms with van der Waals surface area (Å²) in [5.41, 5.74) is 3.88. The molecule has 0 radical (unpaired) electrons. The quantitative estimate of drug-likeness (QED) is 0.278. The molecule has 4 aromatic rings. The molecule has 1 aromatic heterocycles. The number of hydrogen-bond donors (Lipinski definition) is 1. The first-order chi connectivity index (χ1) is 16.7. The van der Waals surface area contributed by atoms with Crippen LogP contribution in [0.3, 0.4) is 0 Å². The van der Waals surface area contributed by atoms with E-state index in [0.717, 1.165) is 11.1 Å². The van der Waals surface area contributed by atoms with E-state index in [1.54, 1.807) is 17.7 Å². The number of amides is 1. The van der Waals surface area contributed by atoms with Gasteiger partial charge in [0.05, 0.1) is 35.1 Å². The van der Waals surface area contributed by atoms with Gasteiger partial charge in [-0.2, -0.15) is 0 Å². The highest BCUT2D eigenvalue weighted by molar-refractivity contribution is 7.99. The minimum atomic E-state index is -0.211. The highest BCUT2D eigenvalue weighted by Gasteiger charge is 2.18. The lowest BCUT2D eigenvalue weighted by atomic mass is 9.87. The average molecular weight is 488 g/mol. The number of aryl methyl sites for hydroxylation is 1. The molecule has 1 amide bonds. The third-order valence-electron chi connectivity index (χ3n) is 5.71. The number of para-hydroxylation sites is 1. The van der Waals surface area contributed by atoms with E-state index >= 15 is 0 Å². The van der Waals surface area contributed by atoms with Crippen molar-refractivity contribution in [3.05, 3.63) is 88.2 Å². The number of anilines is 1. The first-order valence-corrected chi connectivity index (χ1v) is 12.4. The van der Waals surface area contributed by atoms with E-state index in [4.69, 9.17) is 9.72 Å². The summed E-state index contributed by atoms with van der Waals surface area (Å²) >= 11 is 1.22. The Labute approximate surface area is 209 Å². The van der Waals surface area contributed by atoms with E-state index in [-0.39, 0.29) is 22.6 Å². The van der Waals surface area contributed by atoms with Crippen LogP contribution in [0.2, 0.25) is 0 Å². The van der Waals surface area contributed by atoms with Gasteiger partial charge in [-0.1, -0.05) is 68.4 Å². The second-order valence-electron chi connectivity index (χ2n) is 9.39. The van der Waals surface area contributed by atoms with Gasteiger partial charge in [-0.15, -0.1) is 0 Å². The lowest BCUT2D eigenvalue weighted by Crippen LogP contribution is -2.23. The summed E-state index contributed by atoms with van der Waals surface area (Å²) in [6, 6.07) is 20.7. The van der Waals surface area contributed by atoms with Gasteiger partial charge in [0.1, 0.15) is 5.75 Å². The van der Waals surface area contributed by atoms with Crippen LogP contribution >= 0.6 is 11.8 Å². The Morgan fingerprint density at radius 2 is 1.77 bits per heavy atom. The minimum Gasteiger partial charge on any atom is -0.495 e. The molecule has 0 aliphatic carbocycles. The summed E-state index contributed by atoms with van der Waals surface area (Å²) in [7, 11) is 1.58. The van der Waals surface area contributed by atoms with Crippen molar-refractivity contribution >= 4 is 34.3 Å². The highest BCUT2D eigenvalue weighted by Crippen LogP contribution is 2.32. The molecule has 0 bridgehead atoms. The van der Waals surface area contributed by atoms with Crippen molar-refractivity contribution in [1.82, 2.24) is 9.55 Å². The Morgan fingerprint density at radius 1 is 1.06 bits per heavy atom. The Morgan fingerprint density at radius 3 is 2.46 bits per heavy atom. The number of carbonyl (C=O) groups is 1. The molecule has 1 N–H and O–H groups in total. The highest BCUT2D eigenvalue weighted by atomic mass is 32.2. The van der Waals surface area contributed by atoms with E-state index in [2.05, 4.69) is 26.1 Å². The first kappa shape index (κ1) is 24.5. The van der Waals surface area contributed by atoms with Crippen LogP contribution < -0.4 is 15.6 Å². The van der Waals surface area contributed by atoms with Crippen LogP contribution in [-0.4, -0.2) is 28.3 Å². The average Bonchev–Trinajstić information content (AvgIpc) is 2.83. The lowest BCUT2D eigenvalue weighted by molar-refractivity contribution is -0.113. The number of rotatable bonds is 6. The number of fused-ring (bicyclic) bond motifs is 1. The van der Waals surface area contributed by atoms with E-state index in [1.807, 2.05) is 67.6 Å². The fraction of sp³-hybridized carbons (Fsp3) is 0.250. The van der Waals surface area contributed by atoms with E-state index in [0.29, 0.717) is 33.2 Å². The maximum atomic E-state index is 13.4. The van der Waals surface area contributed by atoms with Crippen molar-refractivity contribution in [2.24, 2.45) is 0 Å². The predicted octanol–water partition coefficient (Wildman–Crippen LogP) is 5.73. The fourth-order valence-corrected chi connectivity index (χ4v) is 4.53. The zero-order chi connectivity index (χ0) is 25.2. The molecular weight excluding hydrogens is 458 g/mol. The number of methoxy groups -OCH3 is 1. The Kier molecular flexibility index (Phi) is 6.98. The predicted molar refractivity (Wildman–Crippen MR) is 143 cm³/mol. The van der Waals surface area contributed by atoms with Crippen molar-refractivity contribution in [3.63, 3.8) is 0 Å². The van der Waals surface area contributed by atoms with E-state index in [1.165, 1.54) is 11.8 Å². The van der Waals surface area contributed by atoms with Crippen LogP contribution in [0.5, 0.6) is 5.75 Å². The second kappa shape index (κ2) is 9.96. The van der Waals surface area contributed by atoms with Gasteiger partial charge >= 0.3 is 0 Å². The molecule has 0 saturated heterocycles. The molecule has 3 aromatic carbocycles. The van der Waals surface area contributed by atoms with Gasteiger partial charge < -0.3 is 10.1 Å². The fourth-order valence-electron chi connectivity index (χ4n) is 3.72. The largest absolute Gasteiger partial charge is 0.495 e. The Hall–Kier alpha value is -3.58. The molecule has 180 valence electrons. The van der Waals surface area contributed by atoms with E-state index < -0.39 is 0 Å². The molecule has 0 fully saturated rings. The molecule has 0 spiro atoms. The topological polar surface area (TPSA) is 73.2 Å². The molecule has 0 aliphatic rings. The SMILES string of the molecule is COc1ccc(C(C)(C)C)cc1NC(=O)CSc1nc2ccccc2c(=O)n1-c1ccc(C)cc1. The van der Waals surface area contributed by atoms with Gasteiger partial charge in [-0.05, 0) is 54.3 Å². The van der Waals surface area contributed by atoms with Crippen LogP contribution in [0.25, 0.3) is 16.6 Å². The summed E-state index contributed by atoms with van der Waals surface area (Å²) in [5.74, 6) is 0.466. The smallest absolute Gasteiger partial charge is 0.266 e. The van der Waals surface area contributed by atoms with Crippen LogP contribution in [0, 0.1) is 6.92 Å². The van der Waals surface area contributed by atoms with Gasteiger partial charge in [0.15, 0.2) is 5.16 Å². The van der Waals surface area contributed by atoms with Gasteiger partial charge in [0.2, 0.25) is 5.91 Å².